The maximum absolute atomic E-state index is 5.90. The first kappa shape index (κ1) is 10.6. The van der Waals surface area contributed by atoms with Crippen LogP contribution in [-0.2, 0) is 0 Å². The van der Waals surface area contributed by atoms with Crippen molar-refractivity contribution in [3.8, 4) is 0 Å². The Morgan fingerprint density at radius 2 is 2.53 bits per heavy atom. The van der Waals surface area contributed by atoms with Crippen molar-refractivity contribution in [2.24, 2.45) is 0 Å². The van der Waals surface area contributed by atoms with Crippen LogP contribution in [0, 0.1) is 6.92 Å². The number of rotatable bonds is 3. The van der Waals surface area contributed by atoms with Crippen molar-refractivity contribution in [2.45, 2.75) is 25.8 Å². The van der Waals surface area contributed by atoms with Crippen LogP contribution in [0.5, 0.6) is 0 Å². The summed E-state index contributed by atoms with van der Waals surface area (Å²) in [6.45, 7) is 3.87. The van der Waals surface area contributed by atoms with Crippen LogP contribution in [-0.4, -0.2) is 29.1 Å². The van der Waals surface area contributed by atoms with Gasteiger partial charge in [0.2, 0.25) is 5.95 Å². The van der Waals surface area contributed by atoms with Gasteiger partial charge in [0, 0.05) is 24.3 Å². The molecule has 1 aliphatic rings. The third-order valence-electron chi connectivity index (χ3n) is 2.58. The minimum absolute atomic E-state index is 0.520. The molecule has 0 aliphatic carbocycles. The molecule has 1 aromatic rings. The molecule has 0 radical (unpaired) electrons. The number of nitrogens with zero attached hydrogens (tertiary/aromatic N) is 2. The molecular formula is C10H15ClN4. The van der Waals surface area contributed by atoms with Gasteiger partial charge in [-0.05, 0) is 26.3 Å². The topological polar surface area (TPSA) is 49.8 Å². The van der Waals surface area contributed by atoms with E-state index in [1.54, 1.807) is 6.20 Å². The predicted octanol–water partition coefficient (Wildman–Crippen LogP) is 1.60. The average molecular weight is 227 g/mol. The van der Waals surface area contributed by atoms with Crippen LogP contribution in [0.1, 0.15) is 18.4 Å². The summed E-state index contributed by atoms with van der Waals surface area (Å²) in [5.41, 5.74) is 0.904. The summed E-state index contributed by atoms with van der Waals surface area (Å²) in [6, 6.07) is 0.536. The summed E-state index contributed by atoms with van der Waals surface area (Å²) in [5, 5.41) is 7.11. The van der Waals surface area contributed by atoms with Gasteiger partial charge in [-0.1, -0.05) is 11.6 Å². The molecule has 1 saturated heterocycles. The molecule has 1 aromatic heterocycles. The van der Waals surface area contributed by atoms with Crippen molar-refractivity contribution in [1.29, 1.82) is 0 Å². The largest absolute Gasteiger partial charge is 0.353 e. The van der Waals surface area contributed by atoms with Gasteiger partial charge in [-0.2, -0.15) is 0 Å². The predicted molar refractivity (Wildman–Crippen MR) is 61.3 cm³/mol. The van der Waals surface area contributed by atoms with E-state index < -0.39 is 0 Å². The van der Waals surface area contributed by atoms with Gasteiger partial charge in [-0.25, -0.2) is 9.97 Å². The van der Waals surface area contributed by atoms with E-state index in [0.29, 0.717) is 17.1 Å². The van der Waals surface area contributed by atoms with Crippen molar-refractivity contribution in [2.75, 3.05) is 18.4 Å². The summed E-state index contributed by atoms with van der Waals surface area (Å²) in [6.07, 6.45) is 4.20. The van der Waals surface area contributed by atoms with Crippen molar-refractivity contribution < 1.29 is 0 Å². The number of aryl methyl sites for hydroxylation is 1. The Bertz CT molecular complexity index is 336. The molecule has 1 atom stereocenters. The van der Waals surface area contributed by atoms with E-state index in [9.17, 15) is 0 Å². The maximum atomic E-state index is 5.90. The molecular weight excluding hydrogens is 212 g/mol. The van der Waals surface area contributed by atoms with Crippen LogP contribution in [0.3, 0.4) is 0 Å². The first-order chi connectivity index (χ1) is 7.25. The Hall–Kier alpha value is -0.870. The monoisotopic (exact) mass is 226 g/mol. The van der Waals surface area contributed by atoms with Gasteiger partial charge in [-0.15, -0.1) is 0 Å². The summed E-state index contributed by atoms with van der Waals surface area (Å²) in [4.78, 5) is 8.31. The maximum Gasteiger partial charge on any atom is 0.224 e. The molecule has 2 heterocycles. The fourth-order valence-corrected chi connectivity index (χ4v) is 1.78. The molecule has 1 aliphatic heterocycles. The molecule has 1 fully saturated rings. The van der Waals surface area contributed by atoms with Crippen LogP contribution in [0.25, 0.3) is 0 Å². The van der Waals surface area contributed by atoms with Gasteiger partial charge in [0.05, 0.1) is 0 Å². The molecule has 4 nitrogen and oxygen atoms in total. The SMILES string of the molecule is Cc1cnc(NC[C@@H]2CCCN2)nc1Cl. The number of aromatic nitrogens is 2. The van der Waals surface area contributed by atoms with E-state index in [4.69, 9.17) is 11.6 Å². The molecule has 0 saturated carbocycles. The molecule has 0 amide bonds. The average Bonchev–Trinajstić information content (AvgIpc) is 2.73. The van der Waals surface area contributed by atoms with E-state index in [0.717, 1.165) is 18.7 Å². The van der Waals surface area contributed by atoms with Crippen LogP contribution < -0.4 is 10.6 Å². The zero-order chi connectivity index (χ0) is 10.7. The van der Waals surface area contributed by atoms with Crippen LogP contribution in [0.4, 0.5) is 5.95 Å². The lowest BCUT2D eigenvalue weighted by Gasteiger charge is -2.11. The van der Waals surface area contributed by atoms with Gasteiger partial charge >= 0.3 is 0 Å². The van der Waals surface area contributed by atoms with Crippen LogP contribution >= 0.6 is 11.6 Å². The Labute approximate surface area is 94.5 Å². The highest BCUT2D eigenvalue weighted by molar-refractivity contribution is 6.30. The van der Waals surface area contributed by atoms with E-state index in [2.05, 4.69) is 20.6 Å². The minimum atomic E-state index is 0.520. The lowest BCUT2D eigenvalue weighted by atomic mass is 10.2. The number of hydrogen-bond acceptors (Lipinski definition) is 4. The third-order valence-corrected chi connectivity index (χ3v) is 2.96. The molecule has 2 N–H and O–H groups in total. The summed E-state index contributed by atoms with van der Waals surface area (Å²) >= 11 is 5.90. The fraction of sp³-hybridized carbons (Fsp3) is 0.600. The quantitative estimate of drug-likeness (QED) is 0.769. The highest BCUT2D eigenvalue weighted by Gasteiger charge is 2.13. The molecule has 2 rings (SSSR count). The standard InChI is InChI=1S/C10H15ClN4/c1-7-5-13-10(15-9(7)11)14-6-8-3-2-4-12-8/h5,8,12H,2-4,6H2,1H3,(H,13,14,15)/t8-/m0/s1. The minimum Gasteiger partial charge on any atom is -0.353 e. The number of anilines is 1. The van der Waals surface area contributed by atoms with Crippen LogP contribution in [0.15, 0.2) is 6.20 Å². The van der Waals surface area contributed by atoms with Crippen molar-refractivity contribution in [1.82, 2.24) is 15.3 Å². The van der Waals surface area contributed by atoms with Crippen molar-refractivity contribution in [3.05, 3.63) is 16.9 Å². The second kappa shape index (κ2) is 4.77. The second-order valence-corrected chi connectivity index (χ2v) is 4.20. The highest BCUT2D eigenvalue weighted by atomic mass is 35.5. The van der Waals surface area contributed by atoms with Gasteiger partial charge in [-0.3, -0.25) is 0 Å². The normalized spacial score (nSPS) is 20.5. The summed E-state index contributed by atoms with van der Waals surface area (Å²) in [7, 11) is 0. The molecule has 0 bridgehead atoms. The van der Waals surface area contributed by atoms with Gasteiger partial charge in [0.25, 0.3) is 0 Å². The number of hydrogen-bond donors (Lipinski definition) is 2. The summed E-state index contributed by atoms with van der Waals surface area (Å²) < 4.78 is 0. The van der Waals surface area contributed by atoms with E-state index >= 15 is 0 Å². The molecule has 5 heteroatoms. The Morgan fingerprint density at radius 3 is 3.20 bits per heavy atom. The lowest BCUT2D eigenvalue weighted by molar-refractivity contribution is 0.631. The van der Waals surface area contributed by atoms with E-state index in [1.165, 1.54) is 12.8 Å². The summed E-state index contributed by atoms with van der Waals surface area (Å²) in [5.74, 6) is 0.610. The van der Waals surface area contributed by atoms with Gasteiger partial charge in [0.1, 0.15) is 5.15 Å². The number of halogens is 1. The zero-order valence-electron chi connectivity index (χ0n) is 8.76. The Balaban J connectivity index is 1.90. The highest BCUT2D eigenvalue weighted by Crippen LogP contribution is 2.12. The zero-order valence-corrected chi connectivity index (χ0v) is 9.51. The Kier molecular flexibility index (Phi) is 3.38. The molecule has 82 valence electrons. The lowest BCUT2D eigenvalue weighted by Crippen LogP contribution is -2.29. The molecule has 0 aromatic carbocycles. The molecule has 15 heavy (non-hydrogen) atoms. The molecule has 0 unspecified atom stereocenters. The van der Waals surface area contributed by atoms with Crippen molar-refractivity contribution >= 4 is 17.5 Å². The molecule has 0 spiro atoms. The smallest absolute Gasteiger partial charge is 0.224 e. The first-order valence-corrected chi connectivity index (χ1v) is 5.60. The van der Waals surface area contributed by atoms with Gasteiger partial charge in [0.15, 0.2) is 0 Å². The van der Waals surface area contributed by atoms with Gasteiger partial charge < -0.3 is 10.6 Å². The van der Waals surface area contributed by atoms with Crippen LogP contribution in [0.2, 0.25) is 5.15 Å². The van der Waals surface area contributed by atoms with Crippen molar-refractivity contribution in [3.63, 3.8) is 0 Å². The van der Waals surface area contributed by atoms with E-state index in [-0.39, 0.29) is 0 Å². The number of nitrogens with one attached hydrogen (secondary N) is 2. The Morgan fingerprint density at radius 1 is 1.67 bits per heavy atom. The third kappa shape index (κ3) is 2.79. The first-order valence-electron chi connectivity index (χ1n) is 5.22. The fourth-order valence-electron chi connectivity index (χ4n) is 1.65. The van der Waals surface area contributed by atoms with E-state index in [1.807, 2.05) is 6.92 Å². The second-order valence-electron chi connectivity index (χ2n) is 3.84.